The van der Waals surface area contributed by atoms with E-state index in [4.69, 9.17) is 4.74 Å². The zero-order valence-electron chi connectivity index (χ0n) is 15.5. The first-order chi connectivity index (χ1) is 13.7. The molecule has 0 bridgehead atoms. The van der Waals surface area contributed by atoms with Gasteiger partial charge in [-0.2, -0.15) is 5.10 Å². The number of nitrogens with zero attached hydrogens (tertiary/aromatic N) is 2. The lowest BCUT2D eigenvalue weighted by molar-refractivity contribution is 0.310. The number of hydrogen-bond donors (Lipinski definition) is 1. The number of ether oxygens (including phenoxy) is 1. The molecule has 1 N–H and O–H groups in total. The van der Waals surface area contributed by atoms with E-state index in [0.717, 1.165) is 37.9 Å². The quantitative estimate of drug-likeness (QED) is 0.300. The van der Waals surface area contributed by atoms with E-state index in [9.17, 15) is 0 Å². The molecule has 1 heterocycles. The Labute approximate surface area is 172 Å². The van der Waals surface area contributed by atoms with Crippen molar-refractivity contribution in [2.45, 2.75) is 6.61 Å². The molecule has 0 aliphatic rings. The summed E-state index contributed by atoms with van der Waals surface area (Å²) < 4.78 is 9.26. The topological polar surface area (TPSA) is 38.5 Å². The van der Waals surface area contributed by atoms with Crippen LogP contribution in [0.15, 0.2) is 88.6 Å². The molecule has 0 radical (unpaired) electrons. The van der Waals surface area contributed by atoms with Crippen molar-refractivity contribution in [1.82, 2.24) is 4.57 Å². The summed E-state index contributed by atoms with van der Waals surface area (Å²) >= 11 is 3.44. The van der Waals surface area contributed by atoms with Crippen molar-refractivity contribution in [2.24, 2.45) is 12.1 Å². The zero-order chi connectivity index (χ0) is 19.3. The van der Waals surface area contributed by atoms with Gasteiger partial charge in [0.1, 0.15) is 12.4 Å². The van der Waals surface area contributed by atoms with Gasteiger partial charge in [-0.3, -0.25) is 5.43 Å². The van der Waals surface area contributed by atoms with Crippen LogP contribution in [0.25, 0.3) is 10.9 Å². The first-order valence-electron chi connectivity index (χ1n) is 9.00. The molecule has 0 fully saturated rings. The monoisotopic (exact) mass is 433 g/mol. The van der Waals surface area contributed by atoms with Crippen molar-refractivity contribution in [3.8, 4) is 5.75 Å². The Balaban J connectivity index is 1.59. The number of rotatable bonds is 6. The van der Waals surface area contributed by atoms with Gasteiger partial charge in [-0.15, -0.1) is 0 Å². The molecule has 0 unspecified atom stereocenters. The summed E-state index contributed by atoms with van der Waals surface area (Å²) in [6, 6.07) is 24.2. The van der Waals surface area contributed by atoms with Crippen molar-refractivity contribution >= 4 is 38.7 Å². The number of halogens is 1. The van der Waals surface area contributed by atoms with Gasteiger partial charge < -0.3 is 9.30 Å². The number of aromatic nitrogens is 1. The molecule has 0 saturated carbocycles. The Hall–Kier alpha value is -3.05. The van der Waals surface area contributed by atoms with Gasteiger partial charge in [-0.25, -0.2) is 0 Å². The van der Waals surface area contributed by atoms with Crippen LogP contribution >= 0.6 is 15.9 Å². The fraction of sp³-hybridized carbons (Fsp3) is 0.0870. The van der Waals surface area contributed by atoms with Crippen molar-refractivity contribution < 1.29 is 4.74 Å². The lowest BCUT2D eigenvalue weighted by Crippen LogP contribution is -1.96. The van der Waals surface area contributed by atoms with E-state index in [1.54, 1.807) is 0 Å². The average molecular weight is 434 g/mol. The van der Waals surface area contributed by atoms with Crippen LogP contribution in [0, 0.1) is 0 Å². The largest absolute Gasteiger partial charge is 0.488 e. The lowest BCUT2D eigenvalue weighted by Gasteiger charge is -2.09. The normalized spacial score (nSPS) is 11.2. The zero-order valence-corrected chi connectivity index (χ0v) is 17.1. The minimum atomic E-state index is 0.530. The Morgan fingerprint density at radius 2 is 1.79 bits per heavy atom. The van der Waals surface area contributed by atoms with Crippen LogP contribution in [0.4, 0.5) is 5.69 Å². The van der Waals surface area contributed by atoms with Crippen molar-refractivity contribution in [1.29, 1.82) is 0 Å². The van der Waals surface area contributed by atoms with Crippen LogP contribution < -0.4 is 10.2 Å². The summed E-state index contributed by atoms with van der Waals surface area (Å²) in [5.74, 6) is 0.854. The van der Waals surface area contributed by atoms with E-state index in [1.165, 1.54) is 0 Å². The van der Waals surface area contributed by atoms with Gasteiger partial charge in [0.05, 0.1) is 22.8 Å². The SMILES string of the molecule is Cn1cc(/C=N/Nc2ccc(Br)cc2)c2c(OCc3ccccc3)cccc21. The standard InChI is InChI=1S/C23H20BrN3O/c1-27-15-18(14-25-26-20-12-10-19(24)11-13-20)23-21(27)8-5-9-22(23)28-16-17-6-3-2-4-7-17/h2-15,26H,16H2,1H3/b25-14+. The summed E-state index contributed by atoms with van der Waals surface area (Å²) in [4.78, 5) is 0. The molecular formula is C23H20BrN3O. The second-order valence-corrected chi connectivity index (χ2v) is 7.41. The first kappa shape index (κ1) is 18.3. The average Bonchev–Trinajstić information content (AvgIpc) is 3.05. The number of anilines is 1. The summed E-state index contributed by atoms with van der Waals surface area (Å²) in [7, 11) is 2.03. The fourth-order valence-electron chi connectivity index (χ4n) is 3.10. The molecule has 0 saturated heterocycles. The highest BCUT2D eigenvalue weighted by Gasteiger charge is 2.11. The summed E-state index contributed by atoms with van der Waals surface area (Å²) in [5, 5.41) is 5.46. The van der Waals surface area contributed by atoms with Gasteiger partial charge in [0, 0.05) is 23.3 Å². The fourth-order valence-corrected chi connectivity index (χ4v) is 3.36. The van der Waals surface area contributed by atoms with Gasteiger partial charge in [-0.1, -0.05) is 52.3 Å². The number of hydrogen-bond acceptors (Lipinski definition) is 3. The predicted molar refractivity (Wildman–Crippen MR) is 119 cm³/mol. The van der Waals surface area contributed by atoms with Crippen molar-refractivity contribution in [3.63, 3.8) is 0 Å². The van der Waals surface area contributed by atoms with Crippen LogP contribution in [0.3, 0.4) is 0 Å². The smallest absolute Gasteiger partial charge is 0.129 e. The van der Waals surface area contributed by atoms with E-state index in [1.807, 2.05) is 67.9 Å². The highest BCUT2D eigenvalue weighted by atomic mass is 79.9. The van der Waals surface area contributed by atoms with Gasteiger partial charge >= 0.3 is 0 Å². The third kappa shape index (κ3) is 4.10. The molecule has 4 rings (SSSR count). The summed E-state index contributed by atoms with van der Waals surface area (Å²) in [6.45, 7) is 0.530. The van der Waals surface area contributed by atoms with E-state index in [0.29, 0.717) is 6.61 Å². The number of benzene rings is 3. The second kappa shape index (κ2) is 8.31. The van der Waals surface area contributed by atoms with Gasteiger partial charge in [-0.05, 0) is 42.0 Å². The highest BCUT2D eigenvalue weighted by molar-refractivity contribution is 9.10. The molecule has 0 aliphatic carbocycles. The van der Waals surface area contributed by atoms with Gasteiger partial charge in [0.2, 0.25) is 0 Å². The van der Waals surface area contributed by atoms with Crippen LogP contribution in [-0.4, -0.2) is 10.8 Å². The molecule has 1 aromatic heterocycles. The Morgan fingerprint density at radius 1 is 1.00 bits per heavy atom. The van der Waals surface area contributed by atoms with Crippen molar-refractivity contribution in [3.05, 3.63) is 94.6 Å². The summed E-state index contributed by atoms with van der Waals surface area (Å²) in [6.07, 6.45) is 3.90. The predicted octanol–water partition coefficient (Wildman–Crippen LogP) is 5.97. The number of fused-ring (bicyclic) bond motifs is 1. The molecular weight excluding hydrogens is 414 g/mol. The lowest BCUT2D eigenvalue weighted by atomic mass is 10.1. The third-order valence-corrected chi connectivity index (χ3v) is 5.01. The van der Waals surface area contributed by atoms with E-state index in [2.05, 4.69) is 55.4 Å². The molecule has 4 nitrogen and oxygen atoms in total. The van der Waals surface area contributed by atoms with Crippen LogP contribution in [0.1, 0.15) is 11.1 Å². The highest BCUT2D eigenvalue weighted by Crippen LogP contribution is 2.30. The first-order valence-corrected chi connectivity index (χ1v) is 9.79. The number of nitrogens with one attached hydrogen (secondary N) is 1. The Kier molecular flexibility index (Phi) is 5.44. The molecule has 0 aliphatic heterocycles. The van der Waals surface area contributed by atoms with E-state index < -0.39 is 0 Å². The maximum atomic E-state index is 6.14. The molecule has 5 heteroatoms. The molecule has 0 amide bonds. The summed E-state index contributed by atoms with van der Waals surface area (Å²) in [5.41, 5.74) is 7.25. The van der Waals surface area contributed by atoms with Crippen LogP contribution in [-0.2, 0) is 13.7 Å². The Bertz CT molecular complexity index is 1100. The minimum Gasteiger partial charge on any atom is -0.488 e. The maximum absolute atomic E-state index is 6.14. The molecule has 3 aromatic carbocycles. The van der Waals surface area contributed by atoms with Crippen LogP contribution in [0.5, 0.6) is 5.75 Å². The van der Waals surface area contributed by atoms with E-state index >= 15 is 0 Å². The molecule has 140 valence electrons. The molecule has 0 atom stereocenters. The molecule has 0 spiro atoms. The van der Waals surface area contributed by atoms with Gasteiger partial charge in [0.15, 0.2) is 0 Å². The minimum absolute atomic E-state index is 0.530. The van der Waals surface area contributed by atoms with Crippen molar-refractivity contribution in [2.75, 3.05) is 5.43 Å². The number of aryl methyl sites for hydroxylation is 1. The second-order valence-electron chi connectivity index (χ2n) is 6.50. The maximum Gasteiger partial charge on any atom is 0.129 e. The van der Waals surface area contributed by atoms with Crippen LogP contribution in [0.2, 0.25) is 0 Å². The van der Waals surface area contributed by atoms with Gasteiger partial charge in [0.25, 0.3) is 0 Å². The molecule has 4 aromatic rings. The third-order valence-electron chi connectivity index (χ3n) is 4.48. The molecule has 28 heavy (non-hydrogen) atoms. The van der Waals surface area contributed by atoms with E-state index in [-0.39, 0.29) is 0 Å². The number of hydrazone groups is 1. The Morgan fingerprint density at radius 3 is 2.57 bits per heavy atom.